The van der Waals surface area contributed by atoms with E-state index in [1.807, 2.05) is 25.1 Å². The summed E-state index contributed by atoms with van der Waals surface area (Å²) >= 11 is 0. The molecule has 2 rings (SSSR count). The first-order valence-electron chi connectivity index (χ1n) is 4.04. The second-order valence-electron chi connectivity index (χ2n) is 2.88. The van der Waals surface area contributed by atoms with E-state index in [0.717, 1.165) is 11.1 Å². The number of benzene rings is 1. The van der Waals surface area contributed by atoms with Gasteiger partial charge in [0.2, 0.25) is 5.89 Å². The molecule has 3 heteroatoms. The summed E-state index contributed by atoms with van der Waals surface area (Å²) in [6, 6.07) is 5.74. The largest absolute Gasteiger partial charge is 0.444 e. The van der Waals surface area contributed by atoms with Crippen molar-refractivity contribution in [3.05, 3.63) is 36.2 Å². The van der Waals surface area contributed by atoms with Crippen LogP contribution in [-0.4, -0.2) is 4.98 Å². The first-order chi connectivity index (χ1) is 6.29. The molecular formula is C10H10N2O. The lowest BCUT2D eigenvalue weighted by Crippen LogP contribution is -1.92. The number of aromatic nitrogens is 1. The zero-order chi connectivity index (χ0) is 9.26. The summed E-state index contributed by atoms with van der Waals surface area (Å²) in [6.45, 7) is 1.98. The van der Waals surface area contributed by atoms with Crippen molar-refractivity contribution in [1.82, 2.24) is 4.98 Å². The molecule has 0 saturated carbocycles. The number of nitrogens with zero attached hydrogens (tertiary/aromatic N) is 1. The van der Waals surface area contributed by atoms with Crippen LogP contribution in [0.3, 0.4) is 0 Å². The smallest absolute Gasteiger partial charge is 0.228 e. The van der Waals surface area contributed by atoms with Crippen LogP contribution in [0.15, 0.2) is 35.1 Å². The van der Waals surface area contributed by atoms with Crippen LogP contribution in [0.4, 0.5) is 5.69 Å². The van der Waals surface area contributed by atoms with Crippen LogP contribution in [0.5, 0.6) is 0 Å². The predicted molar refractivity (Wildman–Crippen MR) is 51.1 cm³/mol. The molecule has 66 valence electrons. The monoisotopic (exact) mass is 174 g/mol. The Kier molecular flexibility index (Phi) is 1.77. The number of aryl methyl sites for hydroxylation is 1. The first-order valence-corrected chi connectivity index (χ1v) is 4.04. The van der Waals surface area contributed by atoms with Gasteiger partial charge in [-0.3, -0.25) is 0 Å². The molecule has 3 nitrogen and oxygen atoms in total. The number of nitrogen functional groups attached to an aromatic ring is 1. The van der Waals surface area contributed by atoms with Gasteiger partial charge in [0.15, 0.2) is 0 Å². The fourth-order valence-electron chi connectivity index (χ4n) is 1.33. The minimum atomic E-state index is 0.579. The van der Waals surface area contributed by atoms with Gasteiger partial charge in [-0.1, -0.05) is 12.1 Å². The third-order valence-electron chi connectivity index (χ3n) is 1.95. The SMILES string of the molecule is Cc1cccc(N)c1-c1ncco1. The number of hydrogen-bond donors (Lipinski definition) is 1. The Morgan fingerprint density at radius 3 is 2.85 bits per heavy atom. The Balaban J connectivity index is 2.64. The number of hydrogen-bond acceptors (Lipinski definition) is 3. The number of anilines is 1. The first kappa shape index (κ1) is 7.86. The minimum absolute atomic E-state index is 0.579. The van der Waals surface area contributed by atoms with E-state index in [2.05, 4.69) is 4.98 Å². The lowest BCUT2D eigenvalue weighted by molar-refractivity contribution is 0.574. The van der Waals surface area contributed by atoms with Crippen LogP contribution in [0, 0.1) is 6.92 Å². The summed E-state index contributed by atoms with van der Waals surface area (Å²) in [5.41, 5.74) is 8.46. The van der Waals surface area contributed by atoms with E-state index in [1.54, 1.807) is 12.5 Å². The van der Waals surface area contributed by atoms with Gasteiger partial charge in [-0.25, -0.2) is 4.98 Å². The molecule has 13 heavy (non-hydrogen) atoms. The lowest BCUT2D eigenvalue weighted by Gasteiger charge is -2.04. The average Bonchev–Trinajstić information content (AvgIpc) is 2.57. The third-order valence-corrected chi connectivity index (χ3v) is 1.95. The highest BCUT2D eigenvalue weighted by Gasteiger charge is 2.08. The molecular weight excluding hydrogens is 164 g/mol. The molecule has 2 N–H and O–H groups in total. The Morgan fingerprint density at radius 2 is 2.23 bits per heavy atom. The molecule has 1 aromatic carbocycles. The zero-order valence-electron chi connectivity index (χ0n) is 7.32. The van der Waals surface area contributed by atoms with E-state index < -0.39 is 0 Å². The van der Waals surface area contributed by atoms with Gasteiger partial charge in [0.25, 0.3) is 0 Å². The molecule has 0 amide bonds. The molecule has 0 fully saturated rings. The van der Waals surface area contributed by atoms with Crippen molar-refractivity contribution in [3.63, 3.8) is 0 Å². The van der Waals surface area contributed by atoms with Gasteiger partial charge in [0.1, 0.15) is 6.26 Å². The third kappa shape index (κ3) is 1.28. The van der Waals surface area contributed by atoms with E-state index in [9.17, 15) is 0 Å². The van der Waals surface area contributed by atoms with Crippen LogP contribution in [0.25, 0.3) is 11.5 Å². The summed E-state index contributed by atoms with van der Waals surface area (Å²) in [5.74, 6) is 0.579. The molecule has 1 aromatic heterocycles. The highest BCUT2D eigenvalue weighted by Crippen LogP contribution is 2.27. The molecule has 1 heterocycles. The quantitative estimate of drug-likeness (QED) is 0.674. The van der Waals surface area contributed by atoms with Crippen LogP contribution in [0.2, 0.25) is 0 Å². The van der Waals surface area contributed by atoms with E-state index in [0.29, 0.717) is 11.6 Å². The highest BCUT2D eigenvalue weighted by atomic mass is 16.3. The van der Waals surface area contributed by atoms with Crippen molar-refractivity contribution in [2.75, 3.05) is 5.73 Å². The van der Waals surface area contributed by atoms with Gasteiger partial charge in [-0.2, -0.15) is 0 Å². The van der Waals surface area contributed by atoms with E-state index in [4.69, 9.17) is 10.2 Å². The van der Waals surface area contributed by atoms with Gasteiger partial charge >= 0.3 is 0 Å². The molecule has 0 aliphatic carbocycles. The zero-order valence-corrected chi connectivity index (χ0v) is 7.32. The van der Waals surface area contributed by atoms with Crippen molar-refractivity contribution in [1.29, 1.82) is 0 Å². The molecule has 0 aliphatic rings. The lowest BCUT2D eigenvalue weighted by atomic mass is 10.1. The standard InChI is InChI=1S/C10H10N2O/c1-7-3-2-4-8(11)9(7)10-12-5-6-13-10/h2-6H,11H2,1H3. The second kappa shape index (κ2) is 2.94. The Bertz CT molecular complexity index is 387. The molecule has 0 aliphatic heterocycles. The average molecular weight is 174 g/mol. The highest BCUT2D eigenvalue weighted by molar-refractivity contribution is 5.73. The Hall–Kier alpha value is -1.77. The normalized spacial score (nSPS) is 10.2. The van der Waals surface area contributed by atoms with Crippen molar-refractivity contribution >= 4 is 5.69 Å². The Morgan fingerprint density at radius 1 is 1.38 bits per heavy atom. The second-order valence-corrected chi connectivity index (χ2v) is 2.88. The number of rotatable bonds is 1. The fraction of sp³-hybridized carbons (Fsp3) is 0.100. The fourth-order valence-corrected chi connectivity index (χ4v) is 1.33. The van der Waals surface area contributed by atoms with E-state index in [-0.39, 0.29) is 0 Å². The summed E-state index contributed by atoms with van der Waals surface area (Å²) in [7, 11) is 0. The van der Waals surface area contributed by atoms with Crippen LogP contribution in [0.1, 0.15) is 5.56 Å². The molecule has 0 unspecified atom stereocenters. The maximum Gasteiger partial charge on any atom is 0.228 e. The molecule has 0 bridgehead atoms. The molecule has 0 saturated heterocycles. The maximum atomic E-state index is 5.81. The van der Waals surface area contributed by atoms with E-state index >= 15 is 0 Å². The molecule has 0 spiro atoms. The predicted octanol–water partition coefficient (Wildman–Crippen LogP) is 2.23. The molecule has 2 aromatic rings. The van der Waals surface area contributed by atoms with E-state index in [1.165, 1.54) is 0 Å². The number of oxazole rings is 1. The minimum Gasteiger partial charge on any atom is -0.444 e. The van der Waals surface area contributed by atoms with Gasteiger partial charge in [0, 0.05) is 5.69 Å². The van der Waals surface area contributed by atoms with Crippen molar-refractivity contribution < 1.29 is 4.42 Å². The number of nitrogens with two attached hydrogens (primary N) is 1. The van der Waals surface area contributed by atoms with Gasteiger partial charge < -0.3 is 10.2 Å². The van der Waals surface area contributed by atoms with Gasteiger partial charge in [-0.05, 0) is 18.6 Å². The molecule has 0 radical (unpaired) electrons. The van der Waals surface area contributed by atoms with Crippen LogP contribution in [-0.2, 0) is 0 Å². The van der Waals surface area contributed by atoms with Gasteiger partial charge in [0.05, 0.1) is 11.8 Å². The summed E-state index contributed by atoms with van der Waals surface area (Å²) < 4.78 is 5.19. The maximum absolute atomic E-state index is 5.81. The van der Waals surface area contributed by atoms with Gasteiger partial charge in [-0.15, -0.1) is 0 Å². The topological polar surface area (TPSA) is 52.0 Å². The summed E-state index contributed by atoms with van der Waals surface area (Å²) in [4.78, 5) is 4.06. The van der Waals surface area contributed by atoms with Crippen molar-refractivity contribution in [2.24, 2.45) is 0 Å². The summed E-state index contributed by atoms with van der Waals surface area (Å²) in [5, 5.41) is 0. The summed E-state index contributed by atoms with van der Waals surface area (Å²) in [6.07, 6.45) is 3.16. The molecule has 0 atom stereocenters. The Labute approximate surface area is 76.2 Å². The van der Waals surface area contributed by atoms with Crippen LogP contribution < -0.4 is 5.73 Å². The van der Waals surface area contributed by atoms with Crippen molar-refractivity contribution in [2.45, 2.75) is 6.92 Å². The van der Waals surface area contributed by atoms with Crippen molar-refractivity contribution in [3.8, 4) is 11.5 Å². The van der Waals surface area contributed by atoms with Crippen LogP contribution >= 0.6 is 0 Å².